The summed E-state index contributed by atoms with van der Waals surface area (Å²) in [5.74, 6) is -1.18. The zero-order valence-corrected chi connectivity index (χ0v) is 15.2. The third-order valence-corrected chi connectivity index (χ3v) is 5.06. The van der Waals surface area contributed by atoms with Gasteiger partial charge in [0.1, 0.15) is 12.6 Å². The van der Waals surface area contributed by atoms with Crippen LogP contribution in [0.3, 0.4) is 0 Å². The van der Waals surface area contributed by atoms with E-state index in [1.54, 1.807) is 6.21 Å². The lowest BCUT2D eigenvalue weighted by atomic mass is 9.98. The van der Waals surface area contributed by atoms with Crippen molar-refractivity contribution in [3.8, 4) is 11.1 Å². The Bertz CT molecular complexity index is 935. The number of hydrogen-bond donors (Lipinski definition) is 2. The van der Waals surface area contributed by atoms with Crippen LogP contribution in [0.25, 0.3) is 11.1 Å². The maximum Gasteiger partial charge on any atom is 0.407 e. The summed E-state index contributed by atoms with van der Waals surface area (Å²) in [5.41, 5.74) is 5.16. The Morgan fingerprint density at radius 2 is 1.75 bits per heavy atom. The largest absolute Gasteiger partial charge is 0.480 e. The number of aliphatic carboxylic acids is 1. The van der Waals surface area contributed by atoms with Gasteiger partial charge in [-0.25, -0.2) is 9.59 Å². The second-order valence-corrected chi connectivity index (χ2v) is 6.81. The van der Waals surface area contributed by atoms with E-state index in [4.69, 9.17) is 4.74 Å². The Morgan fingerprint density at radius 1 is 1.11 bits per heavy atom. The lowest BCUT2D eigenvalue weighted by Gasteiger charge is -2.17. The smallest absolute Gasteiger partial charge is 0.407 e. The van der Waals surface area contributed by atoms with Gasteiger partial charge in [-0.1, -0.05) is 54.6 Å². The molecule has 6 heteroatoms. The first-order valence-electron chi connectivity index (χ1n) is 9.19. The number of nitrogens with zero attached hydrogens (tertiary/aromatic N) is 1. The highest BCUT2D eigenvalue weighted by Gasteiger charge is 2.30. The number of hydrogen-bond acceptors (Lipinski definition) is 4. The van der Waals surface area contributed by atoms with Gasteiger partial charge in [0.15, 0.2) is 0 Å². The highest BCUT2D eigenvalue weighted by atomic mass is 16.5. The van der Waals surface area contributed by atoms with Crippen molar-refractivity contribution >= 4 is 18.3 Å². The standard InChI is InChI=1S/C22H20N2O4/c25-21(26)20(12-14-6-5-11-23-14)24-22(27)28-13-19-17-9-3-1-7-15(17)16-8-2-4-10-18(16)19/h1-4,6-11,19-20H,5,12-13H2,(H,24,27)(H,25,26)/t20-/m1/s1. The zero-order valence-electron chi connectivity index (χ0n) is 15.2. The molecule has 28 heavy (non-hydrogen) atoms. The molecule has 0 unspecified atom stereocenters. The number of amides is 1. The van der Waals surface area contributed by atoms with Crippen LogP contribution >= 0.6 is 0 Å². The van der Waals surface area contributed by atoms with E-state index in [9.17, 15) is 14.7 Å². The summed E-state index contributed by atoms with van der Waals surface area (Å²) in [5, 5.41) is 11.8. The SMILES string of the molecule is O=C(N[C@H](CC1=CCC=N1)C(=O)O)OCC1c2ccccc2-c2ccccc21. The van der Waals surface area contributed by atoms with Gasteiger partial charge in [-0.2, -0.15) is 0 Å². The number of allylic oxidation sites excluding steroid dienone is 1. The van der Waals surface area contributed by atoms with E-state index in [2.05, 4.69) is 22.4 Å². The maximum atomic E-state index is 12.3. The van der Waals surface area contributed by atoms with E-state index in [1.807, 2.05) is 42.5 Å². The van der Waals surface area contributed by atoms with Crippen LogP contribution in [0.15, 0.2) is 65.3 Å². The minimum atomic E-state index is -1.11. The second-order valence-electron chi connectivity index (χ2n) is 6.81. The molecule has 2 N–H and O–H groups in total. The summed E-state index contributed by atoms with van der Waals surface area (Å²) in [6.45, 7) is 0.146. The maximum absolute atomic E-state index is 12.3. The molecule has 0 saturated heterocycles. The van der Waals surface area contributed by atoms with Crippen LogP contribution in [0.2, 0.25) is 0 Å². The van der Waals surface area contributed by atoms with Gasteiger partial charge in [-0.3, -0.25) is 4.99 Å². The average Bonchev–Trinajstić information content (AvgIpc) is 3.32. The third-order valence-electron chi connectivity index (χ3n) is 5.06. The fraction of sp³-hybridized carbons (Fsp3) is 0.227. The monoisotopic (exact) mass is 376 g/mol. The van der Waals surface area contributed by atoms with Gasteiger partial charge in [0.05, 0.1) is 0 Å². The molecule has 0 bridgehead atoms. The van der Waals surface area contributed by atoms with Crippen LogP contribution in [-0.4, -0.2) is 36.0 Å². The molecule has 2 aromatic carbocycles. The van der Waals surface area contributed by atoms with E-state index in [0.717, 1.165) is 22.3 Å². The number of carboxylic acids is 1. The lowest BCUT2D eigenvalue weighted by Crippen LogP contribution is -2.41. The molecule has 6 nitrogen and oxygen atoms in total. The Morgan fingerprint density at radius 3 is 2.32 bits per heavy atom. The minimum Gasteiger partial charge on any atom is -0.480 e. The molecule has 1 atom stereocenters. The quantitative estimate of drug-likeness (QED) is 0.804. The molecule has 0 aromatic heterocycles. The highest BCUT2D eigenvalue weighted by Crippen LogP contribution is 2.44. The van der Waals surface area contributed by atoms with Crippen molar-refractivity contribution in [2.45, 2.75) is 24.8 Å². The van der Waals surface area contributed by atoms with Crippen molar-refractivity contribution in [3.05, 3.63) is 71.4 Å². The van der Waals surface area contributed by atoms with Gasteiger partial charge in [0, 0.05) is 30.7 Å². The van der Waals surface area contributed by atoms with Crippen LogP contribution in [0, 0.1) is 0 Å². The number of nitrogens with one attached hydrogen (secondary N) is 1. The number of alkyl carbamates (subject to hydrolysis) is 1. The summed E-state index contributed by atoms with van der Waals surface area (Å²) < 4.78 is 5.41. The number of carbonyl (C=O) groups excluding carboxylic acids is 1. The molecular formula is C22H20N2O4. The van der Waals surface area contributed by atoms with E-state index in [0.29, 0.717) is 12.1 Å². The summed E-state index contributed by atoms with van der Waals surface area (Å²) in [7, 11) is 0. The van der Waals surface area contributed by atoms with Crippen LogP contribution in [-0.2, 0) is 9.53 Å². The molecule has 0 saturated carbocycles. The Balaban J connectivity index is 1.43. The Kier molecular flexibility index (Phi) is 4.93. The zero-order chi connectivity index (χ0) is 19.5. The number of carbonyl (C=O) groups is 2. The van der Waals surface area contributed by atoms with Gasteiger partial charge in [0.25, 0.3) is 0 Å². The van der Waals surface area contributed by atoms with Crippen molar-refractivity contribution in [2.75, 3.05) is 6.61 Å². The first-order valence-corrected chi connectivity index (χ1v) is 9.19. The lowest BCUT2D eigenvalue weighted by molar-refractivity contribution is -0.139. The first kappa shape index (κ1) is 18.0. The second kappa shape index (κ2) is 7.68. The minimum absolute atomic E-state index is 0.0661. The molecule has 1 heterocycles. The topological polar surface area (TPSA) is 88.0 Å². The fourth-order valence-electron chi connectivity index (χ4n) is 3.74. The summed E-state index contributed by atoms with van der Waals surface area (Å²) in [6, 6.07) is 15.0. The number of ether oxygens (including phenoxy) is 1. The van der Waals surface area contributed by atoms with Gasteiger partial charge < -0.3 is 15.2 Å². The Hall–Kier alpha value is -3.41. The molecule has 2 aliphatic rings. The average molecular weight is 376 g/mol. The van der Waals surface area contributed by atoms with Crippen LogP contribution in [0.5, 0.6) is 0 Å². The molecule has 2 aromatic rings. The predicted molar refractivity (Wildman–Crippen MR) is 105 cm³/mol. The molecule has 0 spiro atoms. The highest BCUT2D eigenvalue weighted by molar-refractivity contribution is 5.81. The van der Waals surface area contributed by atoms with Gasteiger partial charge >= 0.3 is 12.1 Å². The molecule has 142 valence electrons. The predicted octanol–water partition coefficient (Wildman–Crippen LogP) is 3.73. The van der Waals surface area contributed by atoms with Gasteiger partial charge in [-0.05, 0) is 22.3 Å². The number of fused-ring (bicyclic) bond motifs is 3. The van der Waals surface area contributed by atoms with E-state index in [-0.39, 0.29) is 18.9 Å². The molecular weight excluding hydrogens is 356 g/mol. The van der Waals surface area contributed by atoms with Crippen molar-refractivity contribution in [2.24, 2.45) is 4.99 Å². The number of rotatable bonds is 6. The van der Waals surface area contributed by atoms with Gasteiger partial charge in [0.2, 0.25) is 0 Å². The van der Waals surface area contributed by atoms with Crippen LogP contribution in [0.4, 0.5) is 4.79 Å². The molecule has 1 aliphatic heterocycles. The number of carboxylic acid groups (broad SMARTS) is 1. The number of benzene rings is 2. The van der Waals surface area contributed by atoms with E-state index < -0.39 is 18.1 Å². The number of aliphatic imine (C=N–C) groups is 1. The van der Waals surface area contributed by atoms with Crippen molar-refractivity contribution < 1.29 is 19.4 Å². The third kappa shape index (κ3) is 3.53. The normalized spacial score (nSPS) is 15.5. The van der Waals surface area contributed by atoms with E-state index in [1.165, 1.54) is 0 Å². The van der Waals surface area contributed by atoms with Crippen molar-refractivity contribution in [3.63, 3.8) is 0 Å². The van der Waals surface area contributed by atoms with Crippen LogP contribution in [0.1, 0.15) is 29.9 Å². The Labute approximate surface area is 162 Å². The van der Waals surface area contributed by atoms with Crippen molar-refractivity contribution in [1.29, 1.82) is 0 Å². The van der Waals surface area contributed by atoms with Gasteiger partial charge in [-0.15, -0.1) is 0 Å². The molecule has 1 amide bonds. The molecule has 4 rings (SSSR count). The van der Waals surface area contributed by atoms with Crippen molar-refractivity contribution in [1.82, 2.24) is 5.32 Å². The molecule has 1 aliphatic carbocycles. The molecule has 0 radical (unpaired) electrons. The first-order chi connectivity index (χ1) is 13.6. The summed E-state index contributed by atoms with van der Waals surface area (Å²) in [6.07, 6.45) is 3.64. The van der Waals surface area contributed by atoms with E-state index >= 15 is 0 Å². The molecule has 0 fully saturated rings. The fourth-order valence-corrected chi connectivity index (χ4v) is 3.74. The summed E-state index contributed by atoms with van der Waals surface area (Å²) in [4.78, 5) is 27.8. The van der Waals surface area contributed by atoms with Crippen LogP contribution < -0.4 is 5.32 Å². The summed E-state index contributed by atoms with van der Waals surface area (Å²) >= 11 is 0.